The summed E-state index contributed by atoms with van der Waals surface area (Å²) in [5.41, 5.74) is 0.807. The number of carboxylic acids is 1. The van der Waals surface area contributed by atoms with Gasteiger partial charge in [-0.3, -0.25) is 9.48 Å². The summed E-state index contributed by atoms with van der Waals surface area (Å²) >= 11 is 5.95. The Labute approximate surface area is 126 Å². The maximum Gasteiger partial charge on any atom is 0.354 e. The number of amides is 1. The Morgan fingerprint density at radius 1 is 1.38 bits per heavy atom. The molecule has 2 aromatic rings. The van der Waals surface area contributed by atoms with E-state index in [1.165, 1.54) is 17.8 Å². The van der Waals surface area contributed by atoms with Gasteiger partial charge in [0.2, 0.25) is 0 Å². The molecule has 0 bridgehead atoms. The van der Waals surface area contributed by atoms with Crippen molar-refractivity contribution in [3.63, 3.8) is 0 Å². The third kappa shape index (κ3) is 3.05. The van der Waals surface area contributed by atoms with Crippen LogP contribution in [-0.4, -0.2) is 33.8 Å². The van der Waals surface area contributed by atoms with Gasteiger partial charge in [-0.1, -0.05) is 23.7 Å². The van der Waals surface area contributed by atoms with Crippen molar-refractivity contribution in [3.05, 3.63) is 52.3 Å². The lowest BCUT2D eigenvalue weighted by molar-refractivity contribution is 0.0681. The van der Waals surface area contributed by atoms with Crippen molar-refractivity contribution >= 4 is 23.5 Å². The normalized spacial score (nSPS) is 12.0. The number of aromatic nitrogens is 2. The predicted octanol–water partition coefficient (Wildman–Crippen LogP) is 2.20. The van der Waals surface area contributed by atoms with Crippen LogP contribution in [-0.2, 0) is 0 Å². The monoisotopic (exact) mass is 307 g/mol. The molecule has 0 spiro atoms. The molecule has 0 saturated carbocycles. The van der Waals surface area contributed by atoms with Crippen molar-refractivity contribution in [1.82, 2.24) is 15.1 Å². The molecule has 1 aromatic carbocycles. The lowest BCUT2D eigenvalue weighted by Gasteiger charge is -2.14. The van der Waals surface area contributed by atoms with Gasteiger partial charge in [-0.15, -0.1) is 0 Å². The molecule has 1 heterocycles. The van der Waals surface area contributed by atoms with Crippen LogP contribution in [0.2, 0.25) is 5.02 Å². The summed E-state index contributed by atoms with van der Waals surface area (Å²) in [6, 6.07) is 7.95. The molecule has 1 atom stereocenters. The van der Waals surface area contributed by atoms with Crippen molar-refractivity contribution in [2.75, 3.05) is 7.05 Å². The van der Waals surface area contributed by atoms with Gasteiger partial charge in [-0.25, -0.2) is 4.79 Å². The van der Waals surface area contributed by atoms with Crippen molar-refractivity contribution < 1.29 is 14.7 Å². The Morgan fingerprint density at radius 3 is 2.67 bits per heavy atom. The number of carboxylic acid groups (broad SMARTS) is 1. The van der Waals surface area contributed by atoms with Gasteiger partial charge < -0.3 is 10.4 Å². The zero-order valence-corrected chi connectivity index (χ0v) is 12.3. The third-order valence-corrected chi connectivity index (χ3v) is 3.35. The summed E-state index contributed by atoms with van der Waals surface area (Å²) in [5, 5.41) is 16.3. The number of nitrogens with one attached hydrogen (secondary N) is 1. The second-order valence-electron chi connectivity index (χ2n) is 4.47. The van der Waals surface area contributed by atoms with Crippen LogP contribution < -0.4 is 5.32 Å². The Kier molecular flexibility index (Phi) is 4.28. The SMILES string of the molecule is CNC(=O)c1cc(C(=O)O)n(C(C)c2cccc(Cl)c2)n1. The van der Waals surface area contributed by atoms with Gasteiger partial charge in [0.05, 0.1) is 6.04 Å². The number of aromatic carboxylic acids is 1. The second-order valence-corrected chi connectivity index (χ2v) is 4.91. The van der Waals surface area contributed by atoms with E-state index in [2.05, 4.69) is 10.4 Å². The van der Waals surface area contributed by atoms with Crippen LogP contribution >= 0.6 is 11.6 Å². The Balaban J connectivity index is 2.49. The van der Waals surface area contributed by atoms with E-state index in [0.29, 0.717) is 5.02 Å². The van der Waals surface area contributed by atoms with Crippen molar-refractivity contribution in [3.8, 4) is 0 Å². The standard InChI is InChI=1S/C14H14ClN3O3/c1-8(9-4-3-5-10(15)6-9)18-12(14(20)21)7-11(17-18)13(19)16-2/h3-8H,1-2H3,(H,16,19)(H,20,21). The number of hydrogen-bond acceptors (Lipinski definition) is 3. The highest BCUT2D eigenvalue weighted by atomic mass is 35.5. The first kappa shape index (κ1) is 15.1. The fraction of sp³-hybridized carbons (Fsp3) is 0.214. The summed E-state index contributed by atoms with van der Waals surface area (Å²) in [4.78, 5) is 22.9. The minimum atomic E-state index is -1.15. The maximum atomic E-state index is 11.6. The van der Waals surface area contributed by atoms with Crippen LogP contribution in [0.1, 0.15) is 39.5 Å². The lowest BCUT2D eigenvalue weighted by Crippen LogP contribution is -2.19. The minimum absolute atomic E-state index is 0.0546. The number of hydrogen-bond donors (Lipinski definition) is 2. The molecular weight excluding hydrogens is 294 g/mol. The molecule has 2 N–H and O–H groups in total. The van der Waals surface area contributed by atoms with E-state index in [-0.39, 0.29) is 17.4 Å². The summed E-state index contributed by atoms with van der Waals surface area (Å²) < 4.78 is 1.30. The zero-order valence-electron chi connectivity index (χ0n) is 11.5. The molecule has 7 heteroatoms. The summed E-state index contributed by atoms with van der Waals surface area (Å²) in [6.07, 6.45) is 0. The van der Waals surface area contributed by atoms with E-state index < -0.39 is 11.9 Å². The van der Waals surface area contributed by atoms with Gasteiger partial charge in [0, 0.05) is 18.1 Å². The maximum absolute atomic E-state index is 11.6. The van der Waals surface area contributed by atoms with E-state index in [0.717, 1.165) is 5.56 Å². The highest BCUT2D eigenvalue weighted by Crippen LogP contribution is 2.22. The van der Waals surface area contributed by atoms with Crippen LogP contribution in [0.4, 0.5) is 0 Å². The van der Waals surface area contributed by atoms with E-state index in [1.54, 1.807) is 25.1 Å². The van der Waals surface area contributed by atoms with Gasteiger partial charge in [-0.2, -0.15) is 5.10 Å². The van der Waals surface area contributed by atoms with Gasteiger partial charge in [0.25, 0.3) is 5.91 Å². The Hall–Kier alpha value is -2.34. The summed E-state index contributed by atoms with van der Waals surface area (Å²) in [5.74, 6) is -1.58. The number of rotatable bonds is 4. The van der Waals surface area contributed by atoms with Crippen LogP contribution in [0.5, 0.6) is 0 Å². The van der Waals surface area contributed by atoms with Gasteiger partial charge >= 0.3 is 5.97 Å². The molecule has 0 fully saturated rings. The molecule has 0 radical (unpaired) electrons. The number of carbonyl (C=O) groups excluding carboxylic acids is 1. The quantitative estimate of drug-likeness (QED) is 0.907. The number of benzene rings is 1. The molecule has 6 nitrogen and oxygen atoms in total. The second kappa shape index (κ2) is 5.97. The fourth-order valence-electron chi connectivity index (χ4n) is 2.00. The van der Waals surface area contributed by atoms with Crippen LogP contribution in [0.25, 0.3) is 0 Å². The highest BCUT2D eigenvalue weighted by Gasteiger charge is 2.22. The smallest absolute Gasteiger partial charge is 0.354 e. The van der Waals surface area contributed by atoms with Crippen molar-refractivity contribution in [1.29, 1.82) is 0 Å². The molecule has 110 valence electrons. The molecule has 1 unspecified atom stereocenters. The average Bonchev–Trinajstić information content (AvgIpc) is 2.91. The van der Waals surface area contributed by atoms with Crippen LogP contribution in [0, 0.1) is 0 Å². The number of nitrogens with zero attached hydrogens (tertiary/aromatic N) is 2. The summed E-state index contributed by atoms with van der Waals surface area (Å²) in [7, 11) is 1.46. The van der Waals surface area contributed by atoms with Crippen molar-refractivity contribution in [2.24, 2.45) is 0 Å². The largest absolute Gasteiger partial charge is 0.477 e. The molecule has 1 aromatic heterocycles. The number of carbonyl (C=O) groups is 2. The molecule has 1 amide bonds. The third-order valence-electron chi connectivity index (χ3n) is 3.11. The van der Waals surface area contributed by atoms with E-state index in [4.69, 9.17) is 11.6 Å². The predicted molar refractivity (Wildman–Crippen MR) is 77.8 cm³/mol. The van der Waals surface area contributed by atoms with E-state index in [9.17, 15) is 14.7 Å². The fourth-order valence-corrected chi connectivity index (χ4v) is 2.19. The first-order valence-corrected chi connectivity index (χ1v) is 6.62. The molecular formula is C14H14ClN3O3. The molecule has 0 aliphatic rings. The highest BCUT2D eigenvalue weighted by molar-refractivity contribution is 6.30. The van der Waals surface area contributed by atoms with Crippen molar-refractivity contribution in [2.45, 2.75) is 13.0 Å². The Morgan fingerprint density at radius 2 is 2.10 bits per heavy atom. The first-order valence-electron chi connectivity index (χ1n) is 6.24. The first-order chi connectivity index (χ1) is 9.93. The number of halogens is 1. The molecule has 0 aliphatic carbocycles. The molecule has 0 aliphatic heterocycles. The van der Waals surface area contributed by atoms with E-state index in [1.807, 2.05) is 6.07 Å². The molecule has 0 saturated heterocycles. The van der Waals surface area contributed by atoms with Crippen LogP contribution in [0.15, 0.2) is 30.3 Å². The van der Waals surface area contributed by atoms with Gasteiger partial charge in [0.1, 0.15) is 5.69 Å². The van der Waals surface area contributed by atoms with Crippen LogP contribution in [0.3, 0.4) is 0 Å². The van der Waals surface area contributed by atoms with E-state index >= 15 is 0 Å². The lowest BCUT2D eigenvalue weighted by atomic mass is 10.1. The van der Waals surface area contributed by atoms with Gasteiger partial charge in [0.15, 0.2) is 5.69 Å². The topological polar surface area (TPSA) is 84.2 Å². The molecule has 2 rings (SSSR count). The minimum Gasteiger partial charge on any atom is -0.477 e. The average molecular weight is 308 g/mol. The summed E-state index contributed by atoms with van der Waals surface area (Å²) in [6.45, 7) is 1.79. The molecule has 21 heavy (non-hydrogen) atoms. The zero-order chi connectivity index (χ0) is 15.6. The van der Waals surface area contributed by atoms with Gasteiger partial charge in [-0.05, 0) is 24.6 Å². The Bertz CT molecular complexity index is 697.